The molecule has 3 amide bonds. The molecule has 1 aromatic rings. The Morgan fingerprint density at radius 1 is 1.36 bits per heavy atom. The molecule has 0 bridgehead atoms. The summed E-state index contributed by atoms with van der Waals surface area (Å²) >= 11 is 0. The van der Waals surface area contributed by atoms with Crippen LogP contribution in [0.2, 0.25) is 0 Å². The number of guanidine groups is 1. The minimum atomic E-state index is -1.45. The van der Waals surface area contributed by atoms with E-state index in [1.807, 2.05) is 20.8 Å². The SMILES string of the molecule is C=CN=C(N)NC(=O)CC[C@H]1Cc2ccc(CC(NC(=O)OCC(C)(C)C)C(=O)[O-])cc2NC1=O.[Na+]. The molecule has 2 rings (SSSR count). The van der Waals surface area contributed by atoms with Crippen molar-refractivity contribution < 1.29 is 58.6 Å². The van der Waals surface area contributed by atoms with Crippen LogP contribution < -0.4 is 56.3 Å². The van der Waals surface area contributed by atoms with E-state index in [2.05, 4.69) is 27.5 Å². The number of ether oxygens (including phenoxy) is 1. The summed E-state index contributed by atoms with van der Waals surface area (Å²) in [6, 6.07) is 3.88. The molecule has 1 heterocycles. The molecular weight excluding hydrogens is 477 g/mol. The van der Waals surface area contributed by atoms with Gasteiger partial charge in [0.05, 0.1) is 18.6 Å². The minimum Gasteiger partial charge on any atom is -0.548 e. The number of anilines is 1. The number of aliphatic carboxylic acids is 1. The van der Waals surface area contributed by atoms with Gasteiger partial charge in [0.2, 0.25) is 11.8 Å². The number of carboxylic acids is 1. The molecule has 1 unspecified atom stereocenters. The van der Waals surface area contributed by atoms with E-state index in [0.717, 1.165) is 5.56 Å². The normalized spacial score (nSPS) is 15.9. The number of nitrogens with two attached hydrogens (primary N) is 1. The third kappa shape index (κ3) is 10.4. The Morgan fingerprint density at radius 3 is 2.67 bits per heavy atom. The van der Waals surface area contributed by atoms with Crippen molar-refractivity contribution >= 4 is 35.5 Å². The molecular formula is C24H32N5NaO6. The molecule has 1 aliphatic heterocycles. The second-order valence-electron chi connectivity index (χ2n) is 9.52. The van der Waals surface area contributed by atoms with E-state index in [1.165, 1.54) is 6.20 Å². The molecule has 0 radical (unpaired) electrons. The van der Waals surface area contributed by atoms with Gasteiger partial charge in [-0.15, -0.1) is 0 Å². The number of aliphatic imine (C=N–C) groups is 1. The van der Waals surface area contributed by atoms with Crippen LogP contribution in [0.3, 0.4) is 0 Å². The number of alkyl carbamates (subject to hydrolysis) is 1. The van der Waals surface area contributed by atoms with Crippen LogP contribution in [0, 0.1) is 11.3 Å². The predicted octanol–water partition coefficient (Wildman–Crippen LogP) is -2.41. The molecule has 1 aliphatic rings. The van der Waals surface area contributed by atoms with Crippen LogP contribution in [0.25, 0.3) is 0 Å². The van der Waals surface area contributed by atoms with E-state index >= 15 is 0 Å². The first-order valence-electron chi connectivity index (χ1n) is 11.2. The van der Waals surface area contributed by atoms with Crippen molar-refractivity contribution in [3.05, 3.63) is 42.1 Å². The van der Waals surface area contributed by atoms with Crippen LogP contribution in [0.1, 0.15) is 44.7 Å². The summed E-state index contributed by atoms with van der Waals surface area (Å²) < 4.78 is 5.07. The summed E-state index contributed by atoms with van der Waals surface area (Å²) in [5.41, 5.74) is 7.24. The molecule has 0 saturated heterocycles. The van der Waals surface area contributed by atoms with Gasteiger partial charge in [-0.05, 0) is 41.9 Å². The molecule has 0 saturated carbocycles. The van der Waals surface area contributed by atoms with Crippen LogP contribution in [-0.2, 0) is 32.0 Å². The van der Waals surface area contributed by atoms with Crippen molar-refractivity contribution in [3.63, 3.8) is 0 Å². The number of carbonyl (C=O) groups is 4. The maximum absolute atomic E-state index is 12.6. The average molecular weight is 510 g/mol. The van der Waals surface area contributed by atoms with Gasteiger partial charge in [0.25, 0.3) is 0 Å². The Balaban J connectivity index is 0.00000648. The van der Waals surface area contributed by atoms with Crippen molar-refractivity contribution in [2.75, 3.05) is 11.9 Å². The molecule has 0 fully saturated rings. The quantitative estimate of drug-likeness (QED) is 0.163. The summed E-state index contributed by atoms with van der Waals surface area (Å²) in [6.45, 7) is 9.16. The number of hydrogen-bond acceptors (Lipinski definition) is 7. The molecule has 0 spiro atoms. The molecule has 0 aromatic heterocycles. The van der Waals surface area contributed by atoms with Gasteiger partial charge in [-0.3, -0.25) is 14.9 Å². The Labute approximate surface area is 232 Å². The zero-order chi connectivity index (χ0) is 26.2. The summed E-state index contributed by atoms with van der Waals surface area (Å²) in [5.74, 6) is -2.52. The third-order valence-electron chi connectivity index (χ3n) is 5.14. The summed E-state index contributed by atoms with van der Waals surface area (Å²) in [5, 5.41) is 19.1. The smallest absolute Gasteiger partial charge is 0.548 e. The van der Waals surface area contributed by atoms with Gasteiger partial charge in [-0.2, -0.15) is 0 Å². The minimum absolute atomic E-state index is 0. The summed E-state index contributed by atoms with van der Waals surface area (Å²) in [4.78, 5) is 51.7. The second kappa shape index (κ2) is 14.0. The van der Waals surface area contributed by atoms with Crippen molar-refractivity contribution in [3.8, 4) is 0 Å². The monoisotopic (exact) mass is 509 g/mol. The standard InChI is InChI=1S/C24H33N5O6.Na/c1-5-26-22(25)29-19(30)9-8-16-12-15-7-6-14(10-17(15)27-20(16)31)11-18(21(32)33)28-23(34)35-13-24(2,3)4;/h5-7,10,16,18H,1,8-9,11-13H2,2-4H3,(H,27,31)(H,28,34)(H,32,33)(H3,25,26,29,30);/q;+1/p-1/t16-,18?;/m0./s1. The fraction of sp³-hybridized carbons (Fsp3) is 0.458. The molecule has 5 N–H and O–H groups in total. The molecule has 11 nitrogen and oxygen atoms in total. The third-order valence-corrected chi connectivity index (χ3v) is 5.14. The number of fused-ring (bicyclic) bond motifs is 1. The molecule has 190 valence electrons. The topological polar surface area (TPSA) is 175 Å². The Morgan fingerprint density at radius 2 is 2.06 bits per heavy atom. The zero-order valence-electron chi connectivity index (χ0n) is 21.2. The van der Waals surface area contributed by atoms with Gasteiger partial charge in [0, 0.05) is 24.2 Å². The van der Waals surface area contributed by atoms with Gasteiger partial charge < -0.3 is 31.0 Å². The zero-order valence-corrected chi connectivity index (χ0v) is 23.2. The second-order valence-corrected chi connectivity index (χ2v) is 9.52. The van der Waals surface area contributed by atoms with Gasteiger partial charge in [0.15, 0.2) is 5.96 Å². The van der Waals surface area contributed by atoms with Crippen LogP contribution in [0.4, 0.5) is 10.5 Å². The Bertz CT molecular complexity index is 1020. The Hall–Kier alpha value is -2.89. The fourth-order valence-corrected chi connectivity index (χ4v) is 3.41. The summed E-state index contributed by atoms with van der Waals surface area (Å²) in [7, 11) is 0. The fourth-order valence-electron chi connectivity index (χ4n) is 3.41. The van der Waals surface area contributed by atoms with Crippen LogP contribution in [0.5, 0.6) is 0 Å². The number of nitrogens with zero attached hydrogens (tertiary/aromatic N) is 1. The number of amides is 3. The van der Waals surface area contributed by atoms with Crippen molar-refractivity contribution in [1.82, 2.24) is 10.6 Å². The van der Waals surface area contributed by atoms with E-state index < -0.39 is 24.0 Å². The number of hydrogen-bond donors (Lipinski definition) is 4. The number of carboxylic acid groups (broad SMARTS) is 1. The van der Waals surface area contributed by atoms with E-state index in [1.54, 1.807) is 18.2 Å². The first-order valence-corrected chi connectivity index (χ1v) is 11.2. The summed E-state index contributed by atoms with van der Waals surface area (Å²) in [6.07, 6.45) is 1.14. The maximum Gasteiger partial charge on any atom is 1.00 e. The number of nitrogens with one attached hydrogen (secondary N) is 3. The molecule has 2 atom stereocenters. The number of carbonyl (C=O) groups excluding carboxylic acids is 4. The van der Waals surface area contributed by atoms with Gasteiger partial charge in [0.1, 0.15) is 0 Å². The van der Waals surface area contributed by atoms with Crippen LogP contribution in [-0.4, -0.2) is 42.5 Å². The van der Waals surface area contributed by atoms with E-state index in [4.69, 9.17) is 10.5 Å². The van der Waals surface area contributed by atoms with Crippen LogP contribution >= 0.6 is 0 Å². The first-order chi connectivity index (χ1) is 16.4. The van der Waals surface area contributed by atoms with Gasteiger partial charge in [-0.25, -0.2) is 9.79 Å². The number of rotatable bonds is 9. The predicted molar refractivity (Wildman–Crippen MR) is 128 cm³/mol. The first kappa shape index (κ1) is 31.1. The van der Waals surface area contributed by atoms with Crippen molar-refractivity contribution in [2.45, 2.75) is 52.5 Å². The molecule has 12 heteroatoms. The average Bonchev–Trinajstić information content (AvgIpc) is 2.75. The van der Waals surface area contributed by atoms with E-state index in [9.17, 15) is 24.3 Å². The van der Waals surface area contributed by atoms with Gasteiger partial charge in [-0.1, -0.05) is 39.5 Å². The van der Waals surface area contributed by atoms with Crippen molar-refractivity contribution in [1.29, 1.82) is 0 Å². The van der Waals surface area contributed by atoms with E-state index in [-0.39, 0.29) is 72.2 Å². The maximum atomic E-state index is 12.6. The van der Waals surface area contributed by atoms with Crippen LogP contribution in [0.15, 0.2) is 36.0 Å². The van der Waals surface area contributed by atoms with Crippen molar-refractivity contribution in [2.24, 2.45) is 22.1 Å². The molecule has 36 heavy (non-hydrogen) atoms. The Kier molecular flexibility index (Phi) is 12.1. The molecule has 0 aliphatic carbocycles. The van der Waals surface area contributed by atoms with E-state index in [0.29, 0.717) is 24.1 Å². The molecule has 1 aromatic carbocycles. The van der Waals surface area contributed by atoms with Gasteiger partial charge >= 0.3 is 35.7 Å². The largest absolute Gasteiger partial charge is 1.00 e. The number of benzene rings is 1.